The van der Waals surface area contributed by atoms with Crippen LogP contribution in [-0.2, 0) is 6.42 Å². The average molecular weight is 426 g/mol. The molecular formula is C25H23FN6. The van der Waals surface area contributed by atoms with E-state index in [-0.39, 0.29) is 5.82 Å². The van der Waals surface area contributed by atoms with Crippen molar-refractivity contribution in [2.75, 3.05) is 30.4 Å². The lowest BCUT2D eigenvalue weighted by Crippen LogP contribution is -2.29. The molecule has 2 aromatic carbocycles. The van der Waals surface area contributed by atoms with Gasteiger partial charge in [0.15, 0.2) is 5.82 Å². The van der Waals surface area contributed by atoms with Gasteiger partial charge in [0.1, 0.15) is 11.5 Å². The molecule has 5 rings (SSSR count). The molecule has 32 heavy (non-hydrogen) atoms. The third kappa shape index (κ3) is 3.16. The second kappa shape index (κ2) is 7.65. The maximum absolute atomic E-state index is 14.0. The van der Waals surface area contributed by atoms with Gasteiger partial charge in [-0.15, -0.1) is 0 Å². The van der Waals surface area contributed by atoms with Crippen LogP contribution in [0.4, 0.5) is 21.6 Å². The van der Waals surface area contributed by atoms with Crippen LogP contribution in [0.3, 0.4) is 0 Å². The Bertz CT molecular complexity index is 1380. The molecule has 1 aliphatic heterocycles. The normalized spacial score (nSPS) is 13.2. The van der Waals surface area contributed by atoms with Crippen molar-refractivity contribution in [3.63, 3.8) is 0 Å². The van der Waals surface area contributed by atoms with Crippen LogP contribution in [0.5, 0.6) is 0 Å². The lowest BCUT2D eigenvalue weighted by Gasteiger charge is -2.32. The van der Waals surface area contributed by atoms with Crippen molar-refractivity contribution in [1.82, 2.24) is 14.5 Å². The zero-order valence-electron chi connectivity index (χ0n) is 18.3. The van der Waals surface area contributed by atoms with E-state index in [4.69, 9.17) is 9.97 Å². The van der Waals surface area contributed by atoms with Crippen molar-refractivity contribution in [3.05, 3.63) is 71.3 Å². The zero-order valence-corrected chi connectivity index (χ0v) is 18.3. The second-order valence-corrected chi connectivity index (χ2v) is 8.18. The fourth-order valence-electron chi connectivity index (χ4n) is 4.50. The highest BCUT2D eigenvalue weighted by Gasteiger charge is 2.26. The van der Waals surface area contributed by atoms with E-state index in [0.29, 0.717) is 11.5 Å². The Morgan fingerprint density at radius 3 is 2.72 bits per heavy atom. The molecule has 6 nitrogen and oxygen atoms in total. The van der Waals surface area contributed by atoms with Gasteiger partial charge in [0.25, 0.3) is 0 Å². The molecule has 0 spiro atoms. The van der Waals surface area contributed by atoms with Gasteiger partial charge in [0.05, 0.1) is 22.8 Å². The van der Waals surface area contributed by atoms with E-state index in [0.717, 1.165) is 58.9 Å². The molecule has 0 saturated heterocycles. The van der Waals surface area contributed by atoms with E-state index < -0.39 is 0 Å². The maximum Gasteiger partial charge on any atom is 0.236 e. The fraction of sp³-hybridized carbons (Fsp3) is 0.240. The number of nitriles is 1. The smallest absolute Gasteiger partial charge is 0.236 e. The number of hydrogen-bond donors (Lipinski definition) is 0. The first-order valence-corrected chi connectivity index (χ1v) is 10.6. The number of nitrogens with zero attached hydrogens (tertiary/aromatic N) is 6. The van der Waals surface area contributed by atoms with Gasteiger partial charge < -0.3 is 9.80 Å². The zero-order chi connectivity index (χ0) is 22.4. The van der Waals surface area contributed by atoms with Crippen LogP contribution in [0.25, 0.3) is 16.9 Å². The van der Waals surface area contributed by atoms with E-state index in [9.17, 15) is 9.65 Å². The quantitative estimate of drug-likeness (QED) is 0.467. The first kappa shape index (κ1) is 20.0. The molecule has 0 radical (unpaired) electrons. The molecule has 7 heteroatoms. The predicted molar refractivity (Wildman–Crippen MR) is 124 cm³/mol. The summed E-state index contributed by atoms with van der Waals surface area (Å²) in [4.78, 5) is 14.0. The van der Waals surface area contributed by atoms with Crippen molar-refractivity contribution in [1.29, 1.82) is 5.26 Å². The number of benzene rings is 2. The molecule has 3 heterocycles. The predicted octanol–water partition coefficient (Wildman–Crippen LogP) is 4.89. The fourth-order valence-corrected chi connectivity index (χ4v) is 4.50. The van der Waals surface area contributed by atoms with Gasteiger partial charge in [-0.3, -0.25) is 4.57 Å². The average Bonchev–Trinajstić information content (AvgIpc) is 3.13. The minimum absolute atomic E-state index is 0.290. The Morgan fingerprint density at radius 1 is 1.12 bits per heavy atom. The molecule has 0 N–H and O–H groups in total. The van der Waals surface area contributed by atoms with Gasteiger partial charge in [-0.2, -0.15) is 10.2 Å². The summed E-state index contributed by atoms with van der Waals surface area (Å²) in [7, 11) is 3.94. The van der Waals surface area contributed by atoms with Crippen molar-refractivity contribution >= 4 is 28.1 Å². The topological polar surface area (TPSA) is 61.0 Å². The van der Waals surface area contributed by atoms with Gasteiger partial charge >= 0.3 is 0 Å². The van der Waals surface area contributed by atoms with E-state index >= 15 is 0 Å². The van der Waals surface area contributed by atoms with Crippen molar-refractivity contribution in [3.8, 4) is 12.0 Å². The number of rotatable bonds is 3. The molecule has 0 aliphatic carbocycles. The van der Waals surface area contributed by atoms with Crippen LogP contribution in [0.1, 0.15) is 23.4 Å². The van der Waals surface area contributed by atoms with Crippen LogP contribution in [-0.4, -0.2) is 35.2 Å². The van der Waals surface area contributed by atoms with Crippen molar-refractivity contribution < 1.29 is 4.39 Å². The largest absolute Gasteiger partial charge is 0.370 e. The molecule has 0 atom stereocenters. The summed E-state index contributed by atoms with van der Waals surface area (Å²) in [5.74, 6) is 0.998. The Labute approximate surface area is 186 Å². The van der Waals surface area contributed by atoms with Gasteiger partial charge in [0, 0.05) is 37.4 Å². The molecule has 0 saturated carbocycles. The molecule has 2 aromatic heterocycles. The number of halogens is 1. The third-order valence-corrected chi connectivity index (χ3v) is 6.08. The summed E-state index contributed by atoms with van der Waals surface area (Å²) in [6, 6.07) is 16.5. The lowest BCUT2D eigenvalue weighted by molar-refractivity contribution is 0.628. The van der Waals surface area contributed by atoms with Gasteiger partial charge in [-0.05, 0) is 56.2 Å². The van der Waals surface area contributed by atoms with E-state index in [1.54, 1.807) is 6.07 Å². The summed E-state index contributed by atoms with van der Waals surface area (Å²) in [5, 5.41) is 10.4. The van der Waals surface area contributed by atoms with Gasteiger partial charge in [0.2, 0.25) is 5.95 Å². The van der Waals surface area contributed by atoms with E-state index in [1.165, 1.54) is 12.1 Å². The number of aryl methyl sites for hydroxylation is 2. The summed E-state index contributed by atoms with van der Waals surface area (Å²) >= 11 is 0. The van der Waals surface area contributed by atoms with Crippen LogP contribution in [0.2, 0.25) is 0 Å². The van der Waals surface area contributed by atoms with E-state index in [2.05, 4.69) is 11.0 Å². The highest BCUT2D eigenvalue weighted by Crippen LogP contribution is 2.38. The summed E-state index contributed by atoms with van der Waals surface area (Å²) in [6.07, 6.45) is 1.86. The first-order chi connectivity index (χ1) is 15.5. The molecule has 0 bridgehead atoms. The highest BCUT2D eigenvalue weighted by atomic mass is 19.1. The summed E-state index contributed by atoms with van der Waals surface area (Å²) in [6.45, 7) is 2.91. The van der Waals surface area contributed by atoms with E-state index in [1.807, 2.05) is 60.8 Å². The van der Waals surface area contributed by atoms with Crippen LogP contribution >= 0.6 is 0 Å². The minimum Gasteiger partial charge on any atom is -0.370 e. The number of hydrogen-bond acceptors (Lipinski definition) is 5. The molecular weight excluding hydrogens is 403 g/mol. The number of fused-ring (bicyclic) bond motifs is 2. The van der Waals surface area contributed by atoms with Crippen LogP contribution < -0.4 is 9.80 Å². The van der Waals surface area contributed by atoms with Gasteiger partial charge in [-0.1, -0.05) is 12.1 Å². The minimum atomic E-state index is -0.290. The molecule has 0 unspecified atom stereocenters. The summed E-state index contributed by atoms with van der Waals surface area (Å²) in [5.41, 5.74) is 5.13. The standard InChI is InChI=1S/C25H23FN6/c1-16-13-20-17(15-27)7-4-11-22(20)32(16)25-28-21-10-6-12-30(2)23(21)24(29-25)31(3)19-9-5-8-18(26)14-19/h4-5,7-9,11,13-14H,6,10,12H2,1-3H3. The Kier molecular flexibility index (Phi) is 4.78. The van der Waals surface area contributed by atoms with Crippen LogP contribution in [0.15, 0.2) is 48.5 Å². The van der Waals surface area contributed by atoms with Crippen molar-refractivity contribution in [2.45, 2.75) is 19.8 Å². The van der Waals surface area contributed by atoms with Gasteiger partial charge in [-0.25, -0.2) is 9.37 Å². The lowest BCUT2D eigenvalue weighted by atomic mass is 10.1. The Hall–Kier alpha value is -3.92. The SMILES string of the molecule is Cc1cc2c(C#N)cccc2n1-c1nc2c(c(N(C)c3cccc(F)c3)n1)N(C)CCC2. The van der Waals surface area contributed by atoms with Crippen LogP contribution in [0, 0.1) is 24.1 Å². The molecule has 1 aliphatic rings. The second-order valence-electron chi connectivity index (χ2n) is 8.18. The number of anilines is 3. The third-order valence-electron chi connectivity index (χ3n) is 6.08. The highest BCUT2D eigenvalue weighted by molar-refractivity contribution is 5.88. The molecule has 4 aromatic rings. The molecule has 0 amide bonds. The monoisotopic (exact) mass is 426 g/mol. The molecule has 160 valence electrons. The Morgan fingerprint density at radius 2 is 1.94 bits per heavy atom. The first-order valence-electron chi connectivity index (χ1n) is 10.6. The summed E-state index contributed by atoms with van der Waals surface area (Å²) < 4.78 is 16.0. The number of aromatic nitrogens is 3. The molecule has 0 fully saturated rings. The maximum atomic E-state index is 14.0. The Balaban J connectivity index is 1.76. The van der Waals surface area contributed by atoms with Crippen molar-refractivity contribution in [2.24, 2.45) is 0 Å².